The van der Waals surface area contributed by atoms with E-state index >= 15 is 0 Å². The zero-order valence-electron chi connectivity index (χ0n) is 9.03. The van der Waals surface area contributed by atoms with Gasteiger partial charge in [-0.25, -0.2) is 15.6 Å². The van der Waals surface area contributed by atoms with Gasteiger partial charge in [-0.05, 0) is 27.2 Å². The van der Waals surface area contributed by atoms with Crippen LogP contribution in [0.25, 0.3) is 0 Å². The maximum atomic E-state index is 10.6. The zero-order valence-corrected chi connectivity index (χ0v) is 9.03. The van der Waals surface area contributed by atoms with E-state index in [0.717, 1.165) is 24.5 Å². The van der Waals surface area contributed by atoms with Gasteiger partial charge in [0.2, 0.25) is 0 Å². The highest BCUT2D eigenvalue weighted by atomic mass is 16.4. The van der Waals surface area contributed by atoms with Crippen molar-refractivity contribution >= 4 is 6.09 Å². The van der Waals surface area contributed by atoms with E-state index in [1.807, 2.05) is 0 Å². The number of rotatable bonds is 1. The molecule has 1 heterocycles. The lowest BCUT2D eigenvalue weighted by Crippen LogP contribution is -2.48. The van der Waals surface area contributed by atoms with E-state index in [9.17, 15) is 4.79 Å². The maximum Gasteiger partial charge on any atom is 0.421 e. The van der Waals surface area contributed by atoms with Gasteiger partial charge in [0, 0.05) is 18.6 Å². The summed E-state index contributed by atoms with van der Waals surface area (Å²) in [6.45, 7) is 8.01. The molecule has 1 aliphatic rings. The van der Waals surface area contributed by atoms with Crippen LogP contribution in [0.1, 0.15) is 27.2 Å². The molecule has 14 heavy (non-hydrogen) atoms. The molecule has 1 saturated heterocycles. The highest BCUT2D eigenvalue weighted by Gasteiger charge is 2.33. The molecule has 0 aliphatic carbocycles. The molecule has 1 rings (SSSR count). The van der Waals surface area contributed by atoms with Crippen molar-refractivity contribution in [3.05, 3.63) is 0 Å². The van der Waals surface area contributed by atoms with Crippen LogP contribution in [0.3, 0.4) is 0 Å². The third-order valence-electron chi connectivity index (χ3n) is 2.73. The third-order valence-corrected chi connectivity index (χ3v) is 2.73. The Bertz CT molecular complexity index is 225. The molecule has 0 spiro atoms. The van der Waals surface area contributed by atoms with E-state index in [1.54, 1.807) is 0 Å². The molecular weight excluding hydrogens is 182 g/mol. The summed E-state index contributed by atoms with van der Waals surface area (Å²) in [5.74, 6) is 5.43. The molecule has 1 aliphatic heterocycles. The van der Waals surface area contributed by atoms with Crippen molar-refractivity contribution in [2.75, 3.05) is 13.1 Å². The fourth-order valence-electron chi connectivity index (χ4n) is 1.73. The number of hydrazine groups is 1. The minimum atomic E-state index is -1.05. The molecule has 1 amide bonds. The monoisotopic (exact) mass is 201 g/mol. The summed E-state index contributed by atoms with van der Waals surface area (Å²) in [6, 6.07) is -0.0632. The summed E-state index contributed by atoms with van der Waals surface area (Å²) in [5, 5.41) is 9.64. The second kappa shape index (κ2) is 3.74. The van der Waals surface area contributed by atoms with Crippen molar-refractivity contribution in [1.29, 1.82) is 0 Å². The molecule has 0 aromatic carbocycles. The Balaban J connectivity index is 2.53. The van der Waals surface area contributed by atoms with Crippen LogP contribution < -0.4 is 5.84 Å². The molecule has 82 valence electrons. The fourth-order valence-corrected chi connectivity index (χ4v) is 1.73. The Morgan fingerprint density at radius 1 is 1.57 bits per heavy atom. The number of amides is 1. The van der Waals surface area contributed by atoms with Gasteiger partial charge in [0.1, 0.15) is 0 Å². The molecule has 5 heteroatoms. The first-order valence-corrected chi connectivity index (χ1v) is 4.84. The molecule has 1 atom stereocenters. The van der Waals surface area contributed by atoms with Crippen LogP contribution in [0.2, 0.25) is 0 Å². The molecule has 0 aromatic rings. The normalized spacial score (nSPS) is 23.9. The lowest BCUT2D eigenvalue weighted by atomic mass is 10.1. The summed E-state index contributed by atoms with van der Waals surface area (Å²) >= 11 is 0. The molecule has 0 saturated carbocycles. The van der Waals surface area contributed by atoms with Crippen LogP contribution in [0.15, 0.2) is 0 Å². The summed E-state index contributed by atoms with van der Waals surface area (Å²) in [4.78, 5) is 12.9. The Labute approximate surface area is 84.4 Å². The van der Waals surface area contributed by atoms with Crippen LogP contribution >= 0.6 is 0 Å². The second-order valence-electron chi connectivity index (χ2n) is 4.75. The van der Waals surface area contributed by atoms with Gasteiger partial charge in [-0.1, -0.05) is 0 Å². The lowest BCUT2D eigenvalue weighted by molar-refractivity contribution is 0.115. The summed E-state index contributed by atoms with van der Waals surface area (Å²) < 4.78 is 0. The zero-order chi connectivity index (χ0) is 10.9. The number of carboxylic acid groups (broad SMARTS) is 1. The van der Waals surface area contributed by atoms with Gasteiger partial charge in [-0.3, -0.25) is 4.90 Å². The predicted molar refractivity (Wildman–Crippen MR) is 53.8 cm³/mol. The second-order valence-corrected chi connectivity index (χ2v) is 4.75. The quantitative estimate of drug-likeness (QED) is 0.372. The fraction of sp³-hybridized carbons (Fsp3) is 0.889. The number of nitrogens with zero attached hydrogens (tertiary/aromatic N) is 2. The van der Waals surface area contributed by atoms with E-state index < -0.39 is 6.09 Å². The van der Waals surface area contributed by atoms with Crippen molar-refractivity contribution < 1.29 is 9.90 Å². The summed E-state index contributed by atoms with van der Waals surface area (Å²) in [7, 11) is 0. The molecule has 0 unspecified atom stereocenters. The van der Waals surface area contributed by atoms with E-state index in [1.165, 1.54) is 0 Å². The minimum absolute atomic E-state index is 0.0632. The SMILES string of the molecule is CC(C)(C)N1CC[C@H](N(N)C(=O)O)C1. The maximum absolute atomic E-state index is 10.6. The Morgan fingerprint density at radius 2 is 2.14 bits per heavy atom. The van der Waals surface area contributed by atoms with Crippen molar-refractivity contribution in [2.24, 2.45) is 5.84 Å². The lowest BCUT2D eigenvalue weighted by Gasteiger charge is -2.32. The van der Waals surface area contributed by atoms with Crippen LogP contribution in [0.5, 0.6) is 0 Å². The first-order valence-electron chi connectivity index (χ1n) is 4.84. The van der Waals surface area contributed by atoms with Crippen LogP contribution in [0, 0.1) is 0 Å². The predicted octanol–water partition coefficient (Wildman–Crippen LogP) is 0.713. The molecule has 0 aromatic heterocycles. The Hall–Kier alpha value is -0.810. The smallest absolute Gasteiger partial charge is 0.421 e. The molecule has 3 N–H and O–H groups in total. The highest BCUT2D eigenvalue weighted by molar-refractivity contribution is 5.64. The van der Waals surface area contributed by atoms with Crippen molar-refractivity contribution in [3.63, 3.8) is 0 Å². The summed E-state index contributed by atoms with van der Waals surface area (Å²) in [6.07, 6.45) is -0.231. The number of hydrogen-bond donors (Lipinski definition) is 2. The van der Waals surface area contributed by atoms with Gasteiger partial charge in [0.15, 0.2) is 0 Å². The molecule has 0 bridgehead atoms. The number of hydrogen-bond acceptors (Lipinski definition) is 3. The van der Waals surface area contributed by atoms with Gasteiger partial charge in [0.25, 0.3) is 0 Å². The van der Waals surface area contributed by atoms with Gasteiger partial charge in [-0.2, -0.15) is 0 Å². The Kier molecular flexibility index (Phi) is 3.01. The van der Waals surface area contributed by atoms with Gasteiger partial charge in [-0.15, -0.1) is 0 Å². The first-order chi connectivity index (χ1) is 6.32. The number of carbonyl (C=O) groups is 1. The van der Waals surface area contributed by atoms with Gasteiger partial charge < -0.3 is 5.11 Å². The number of likely N-dealkylation sites (tertiary alicyclic amines) is 1. The van der Waals surface area contributed by atoms with Crippen LogP contribution in [-0.4, -0.2) is 45.8 Å². The molecule has 0 radical (unpaired) electrons. The largest absolute Gasteiger partial charge is 0.464 e. The van der Waals surface area contributed by atoms with Crippen molar-refractivity contribution in [1.82, 2.24) is 9.91 Å². The minimum Gasteiger partial charge on any atom is -0.464 e. The highest BCUT2D eigenvalue weighted by Crippen LogP contribution is 2.22. The topological polar surface area (TPSA) is 69.8 Å². The van der Waals surface area contributed by atoms with Gasteiger partial charge >= 0.3 is 6.09 Å². The standard InChI is InChI=1S/C9H19N3O2/c1-9(2,3)11-5-4-7(6-11)12(10)8(13)14/h7H,4-6,10H2,1-3H3,(H,13,14)/t7-/m0/s1. The number of nitrogens with two attached hydrogens (primary N) is 1. The third kappa shape index (κ3) is 2.36. The molecular formula is C9H19N3O2. The molecule has 1 fully saturated rings. The average molecular weight is 201 g/mol. The van der Waals surface area contributed by atoms with Crippen molar-refractivity contribution in [2.45, 2.75) is 38.8 Å². The van der Waals surface area contributed by atoms with E-state index in [4.69, 9.17) is 10.9 Å². The van der Waals surface area contributed by atoms with E-state index in [0.29, 0.717) is 0 Å². The Morgan fingerprint density at radius 3 is 2.50 bits per heavy atom. The molecule has 5 nitrogen and oxygen atoms in total. The van der Waals surface area contributed by atoms with Crippen LogP contribution in [0.4, 0.5) is 4.79 Å². The van der Waals surface area contributed by atoms with E-state index in [2.05, 4.69) is 25.7 Å². The van der Waals surface area contributed by atoms with Crippen molar-refractivity contribution in [3.8, 4) is 0 Å². The average Bonchev–Trinajstić information content (AvgIpc) is 2.49. The summed E-state index contributed by atoms with van der Waals surface area (Å²) in [5.41, 5.74) is 0.0914. The first kappa shape index (κ1) is 11.3. The van der Waals surface area contributed by atoms with Gasteiger partial charge in [0.05, 0.1) is 6.04 Å². The van der Waals surface area contributed by atoms with Crippen LogP contribution in [-0.2, 0) is 0 Å². The van der Waals surface area contributed by atoms with E-state index in [-0.39, 0.29) is 11.6 Å².